The van der Waals surface area contributed by atoms with E-state index in [9.17, 15) is 4.79 Å². The molecule has 0 amide bonds. The Bertz CT molecular complexity index is 382. The van der Waals surface area contributed by atoms with Gasteiger partial charge >= 0.3 is 5.97 Å². The van der Waals surface area contributed by atoms with E-state index in [-0.39, 0.29) is 6.42 Å². The fourth-order valence-electron chi connectivity index (χ4n) is 1.71. The molecule has 1 aromatic rings. The summed E-state index contributed by atoms with van der Waals surface area (Å²) < 4.78 is 4.98. The molecule has 0 spiro atoms. The molecule has 1 N–H and O–H groups in total. The molecular weight excluding hydrogens is 220 g/mol. The van der Waals surface area contributed by atoms with E-state index >= 15 is 0 Å². The number of carboxylic acid groups (broad SMARTS) is 1. The van der Waals surface area contributed by atoms with Gasteiger partial charge < -0.3 is 9.84 Å². The van der Waals surface area contributed by atoms with Gasteiger partial charge in [-0.3, -0.25) is 4.79 Å². The van der Waals surface area contributed by atoms with Crippen LogP contribution in [-0.2, 0) is 22.4 Å². The van der Waals surface area contributed by atoms with Crippen molar-refractivity contribution in [2.75, 3.05) is 13.7 Å². The summed E-state index contributed by atoms with van der Waals surface area (Å²) in [6.45, 7) is 4.37. The van der Waals surface area contributed by atoms with Crippen LogP contribution in [0.5, 0.6) is 0 Å². The number of rotatable bonds is 6. The zero-order valence-electron chi connectivity index (χ0n) is 10.5. The van der Waals surface area contributed by atoms with Gasteiger partial charge in [0.2, 0.25) is 0 Å². The predicted octanol–water partition coefficient (Wildman–Crippen LogP) is 1.30. The van der Waals surface area contributed by atoms with Crippen LogP contribution in [0.15, 0.2) is 0 Å². The van der Waals surface area contributed by atoms with Crippen molar-refractivity contribution in [3.63, 3.8) is 0 Å². The van der Waals surface area contributed by atoms with Gasteiger partial charge in [-0.15, -0.1) is 0 Å². The van der Waals surface area contributed by atoms with Gasteiger partial charge in [0, 0.05) is 31.3 Å². The molecule has 1 rings (SSSR count). The third-order valence-electron chi connectivity index (χ3n) is 2.59. The number of aryl methyl sites for hydroxylation is 2. The number of methoxy groups -OCH3 is 1. The first-order valence-electron chi connectivity index (χ1n) is 5.58. The van der Waals surface area contributed by atoms with E-state index in [0.717, 1.165) is 22.8 Å². The summed E-state index contributed by atoms with van der Waals surface area (Å²) >= 11 is 0. The van der Waals surface area contributed by atoms with Crippen molar-refractivity contribution in [1.29, 1.82) is 0 Å². The van der Waals surface area contributed by atoms with Crippen LogP contribution in [0.2, 0.25) is 0 Å². The minimum atomic E-state index is -0.799. The van der Waals surface area contributed by atoms with Crippen molar-refractivity contribution in [2.45, 2.75) is 33.1 Å². The highest BCUT2D eigenvalue weighted by Crippen LogP contribution is 2.13. The highest BCUT2D eigenvalue weighted by molar-refractivity contribution is 5.67. The van der Waals surface area contributed by atoms with Gasteiger partial charge in [0.05, 0.1) is 6.61 Å². The lowest BCUT2D eigenvalue weighted by atomic mass is 10.1. The number of ether oxygens (including phenoxy) is 1. The summed E-state index contributed by atoms with van der Waals surface area (Å²) in [5, 5.41) is 8.67. The Morgan fingerprint density at radius 1 is 1.24 bits per heavy atom. The fraction of sp³-hybridized carbons (Fsp3) is 0.583. The van der Waals surface area contributed by atoms with E-state index in [2.05, 4.69) is 9.97 Å². The van der Waals surface area contributed by atoms with Crippen LogP contribution in [0.25, 0.3) is 0 Å². The van der Waals surface area contributed by atoms with Gasteiger partial charge in [-0.05, 0) is 25.8 Å². The number of nitrogens with zero attached hydrogens (tertiary/aromatic N) is 2. The third-order valence-corrected chi connectivity index (χ3v) is 2.59. The van der Waals surface area contributed by atoms with E-state index in [1.54, 1.807) is 7.11 Å². The Labute approximate surface area is 101 Å². The molecule has 0 saturated heterocycles. The van der Waals surface area contributed by atoms with Crippen LogP contribution >= 0.6 is 0 Å². The lowest BCUT2D eigenvalue weighted by Gasteiger charge is -2.09. The van der Waals surface area contributed by atoms with E-state index in [1.807, 2.05) is 13.8 Å². The number of aromatic nitrogens is 2. The van der Waals surface area contributed by atoms with Crippen molar-refractivity contribution < 1.29 is 14.6 Å². The van der Waals surface area contributed by atoms with E-state index in [0.29, 0.717) is 19.4 Å². The van der Waals surface area contributed by atoms with Crippen molar-refractivity contribution in [3.05, 3.63) is 22.8 Å². The zero-order valence-corrected chi connectivity index (χ0v) is 10.5. The average molecular weight is 238 g/mol. The molecule has 1 heterocycles. The average Bonchev–Trinajstić information content (AvgIpc) is 2.24. The SMILES string of the molecule is COCCc1nc(C)c(CCC(=O)O)c(C)n1. The molecule has 0 aliphatic carbocycles. The number of carboxylic acids is 1. The van der Waals surface area contributed by atoms with Crippen LogP contribution in [-0.4, -0.2) is 34.8 Å². The minimum absolute atomic E-state index is 0.114. The van der Waals surface area contributed by atoms with Crippen LogP contribution in [0.4, 0.5) is 0 Å². The van der Waals surface area contributed by atoms with Gasteiger partial charge in [0.15, 0.2) is 0 Å². The second-order valence-corrected chi connectivity index (χ2v) is 3.93. The first-order chi connectivity index (χ1) is 8.04. The van der Waals surface area contributed by atoms with E-state index in [1.165, 1.54) is 0 Å². The molecule has 0 fully saturated rings. The standard InChI is InChI=1S/C12H18N2O3/c1-8-10(4-5-12(15)16)9(2)14-11(13-8)6-7-17-3/h4-7H2,1-3H3,(H,15,16). The normalized spacial score (nSPS) is 10.5. The van der Waals surface area contributed by atoms with Gasteiger partial charge in [0.25, 0.3) is 0 Å². The number of carbonyl (C=O) groups is 1. The van der Waals surface area contributed by atoms with Crippen LogP contribution in [0, 0.1) is 13.8 Å². The first-order valence-corrected chi connectivity index (χ1v) is 5.58. The summed E-state index contributed by atoms with van der Waals surface area (Å²) in [6, 6.07) is 0. The number of hydrogen-bond acceptors (Lipinski definition) is 4. The summed E-state index contributed by atoms with van der Waals surface area (Å²) in [4.78, 5) is 19.3. The molecule has 5 nitrogen and oxygen atoms in total. The topological polar surface area (TPSA) is 72.3 Å². The third kappa shape index (κ3) is 4.11. The van der Waals surface area contributed by atoms with Gasteiger partial charge in [-0.25, -0.2) is 9.97 Å². The summed E-state index contributed by atoms with van der Waals surface area (Å²) in [6.07, 6.45) is 1.28. The Morgan fingerprint density at radius 2 is 1.82 bits per heavy atom. The van der Waals surface area contributed by atoms with Crippen LogP contribution in [0.3, 0.4) is 0 Å². The summed E-state index contributed by atoms with van der Waals surface area (Å²) in [5.41, 5.74) is 2.67. The summed E-state index contributed by atoms with van der Waals surface area (Å²) in [5.74, 6) is -0.0480. The Kier molecular flexibility index (Phi) is 5.03. The van der Waals surface area contributed by atoms with Crippen molar-refractivity contribution >= 4 is 5.97 Å². The molecule has 17 heavy (non-hydrogen) atoms. The maximum atomic E-state index is 10.5. The predicted molar refractivity (Wildman–Crippen MR) is 63.0 cm³/mol. The Hall–Kier alpha value is -1.49. The van der Waals surface area contributed by atoms with Gasteiger partial charge in [0.1, 0.15) is 5.82 Å². The molecule has 0 radical (unpaired) electrons. The highest BCUT2D eigenvalue weighted by atomic mass is 16.5. The minimum Gasteiger partial charge on any atom is -0.481 e. The molecule has 0 aromatic carbocycles. The van der Waals surface area contributed by atoms with Crippen molar-refractivity contribution in [2.24, 2.45) is 0 Å². The largest absolute Gasteiger partial charge is 0.481 e. The Balaban J connectivity index is 2.82. The smallest absolute Gasteiger partial charge is 0.303 e. The maximum Gasteiger partial charge on any atom is 0.303 e. The fourth-order valence-corrected chi connectivity index (χ4v) is 1.71. The van der Waals surface area contributed by atoms with Crippen LogP contribution < -0.4 is 0 Å². The summed E-state index contributed by atoms with van der Waals surface area (Å²) in [7, 11) is 1.64. The van der Waals surface area contributed by atoms with Crippen molar-refractivity contribution in [3.8, 4) is 0 Å². The van der Waals surface area contributed by atoms with Crippen molar-refractivity contribution in [1.82, 2.24) is 9.97 Å². The quantitative estimate of drug-likeness (QED) is 0.808. The highest BCUT2D eigenvalue weighted by Gasteiger charge is 2.10. The van der Waals surface area contributed by atoms with Gasteiger partial charge in [-0.2, -0.15) is 0 Å². The van der Waals surface area contributed by atoms with Gasteiger partial charge in [-0.1, -0.05) is 0 Å². The van der Waals surface area contributed by atoms with E-state index < -0.39 is 5.97 Å². The maximum absolute atomic E-state index is 10.5. The number of hydrogen-bond donors (Lipinski definition) is 1. The van der Waals surface area contributed by atoms with Crippen LogP contribution in [0.1, 0.15) is 29.2 Å². The monoisotopic (exact) mass is 238 g/mol. The number of aliphatic carboxylic acids is 1. The molecule has 94 valence electrons. The molecule has 0 atom stereocenters. The molecule has 0 aliphatic rings. The zero-order chi connectivity index (χ0) is 12.8. The molecule has 5 heteroatoms. The van der Waals surface area contributed by atoms with E-state index in [4.69, 9.17) is 9.84 Å². The molecule has 0 unspecified atom stereocenters. The molecular formula is C12H18N2O3. The molecule has 0 saturated carbocycles. The molecule has 0 bridgehead atoms. The lowest BCUT2D eigenvalue weighted by Crippen LogP contribution is -2.09. The second kappa shape index (κ2) is 6.30. The lowest BCUT2D eigenvalue weighted by molar-refractivity contribution is -0.136. The first kappa shape index (κ1) is 13.6. The Morgan fingerprint density at radius 3 is 2.29 bits per heavy atom. The second-order valence-electron chi connectivity index (χ2n) is 3.93. The molecule has 0 aliphatic heterocycles. The molecule has 1 aromatic heterocycles.